The minimum Gasteiger partial charge on any atom is -0.449 e. The molecule has 1 atom stereocenters. The Morgan fingerprint density at radius 2 is 2.14 bits per heavy atom. The smallest absolute Gasteiger partial charge is 0.409 e. The molecule has 0 bridgehead atoms. The molecule has 0 aromatic heterocycles. The van der Waals surface area contributed by atoms with Gasteiger partial charge in [0.15, 0.2) is 0 Å². The monoisotopic (exact) mass is 288 g/mol. The minimum atomic E-state index is -0.154. The van der Waals surface area contributed by atoms with Crippen molar-refractivity contribution in [3.8, 4) is 0 Å². The fraction of sp³-hybridized carbons (Fsp3) is 0.588. The number of nitrogens with zero attached hydrogens (tertiary/aromatic N) is 2. The zero-order valence-electron chi connectivity index (χ0n) is 12.9. The van der Waals surface area contributed by atoms with Gasteiger partial charge in [-0.3, -0.25) is 0 Å². The number of carbonyl (C=O) groups excluding carboxylic acids is 1. The molecule has 2 heterocycles. The highest BCUT2D eigenvalue weighted by molar-refractivity contribution is 5.68. The molecule has 2 aliphatic heterocycles. The molecular formula is C17H24N2O2. The fourth-order valence-electron chi connectivity index (χ4n) is 3.23. The van der Waals surface area contributed by atoms with Gasteiger partial charge in [-0.25, -0.2) is 4.79 Å². The summed E-state index contributed by atoms with van der Waals surface area (Å²) in [5.41, 5.74) is 2.78. The zero-order chi connectivity index (χ0) is 14.8. The van der Waals surface area contributed by atoms with Crippen molar-refractivity contribution in [2.24, 2.45) is 5.92 Å². The molecule has 1 aromatic rings. The van der Waals surface area contributed by atoms with E-state index >= 15 is 0 Å². The molecule has 0 saturated carbocycles. The van der Waals surface area contributed by atoms with Crippen LogP contribution in [-0.4, -0.2) is 43.3 Å². The molecule has 2 aliphatic rings. The van der Waals surface area contributed by atoms with Crippen molar-refractivity contribution < 1.29 is 9.53 Å². The van der Waals surface area contributed by atoms with Gasteiger partial charge in [-0.1, -0.05) is 32.0 Å². The first-order valence-electron chi connectivity index (χ1n) is 7.91. The second-order valence-electron chi connectivity index (χ2n) is 6.43. The van der Waals surface area contributed by atoms with Crippen LogP contribution in [0.15, 0.2) is 24.3 Å². The van der Waals surface area contributed by atoms with Gasteiger partial charge in [0.1, 0.15) is 0 Å². The van der Waals surface area contributed by atoms with E-state index in [1.54, 1.807) is 0 Å². The molecule has 4 heteroatoms. The summed E-state index contributed by atoms with van der Waals surface area (Å²) in [6.45, 7) is 7.28. The highest BCUT2D eigenvalue weighted by Crippen LogP contribution is 2.32. The van der Waals surface area contributed by atoms with Gasteiger partial charge in [-0.15, -0.1) is 0 Å². The van der Waals surface area contributed by atoms with Crippen LogP contribution in [0.25, 0.3) is 0 Å². The Kier molecular flexibility index (Phi) is 4.04. The van der Waals surface area contributed by atoms with Crippen LogP contribution >= 0.6 is 0 Å². The molecule has 0 N–H and O–H groups in total. The van der Waals surface area contributed by atoms with Crippen LogP contribution in [0.2, 0.25) is 0 Å². The van der Waals surface area contributed by atoms with E-state index in [9.17, 15) is 4.79 Å². The number of hydrogen-bond donors (Lipinski definition) is 0. The Bertz CT molecular complexity index is 515. The number of carbonyl (C=O) groups is 1. The standard InChI is InChI=1S/C17H24N2O2/c1-13(2)12-21-17(20)18-9-8-15(11-18)19-10-7-14-5-3-4-6-16(14)19/h3-6,13,15H,7-12H2,1-2H3. The normalized spacial score (nSPS) is 21.0. The molecular weight excluding hydrogens is 264 g/mol. The molecule has 21 heavy (non-hydrogen) atoms. The predicted molar refractivity (Wildman–Crippen MR) is 83.7 cm³/mol. The van der Waals surface area contributed by atoms with Crippen molar-refractivity contribution >= 4 is 11.8 Å². The van der Waals surface area contributed by atoms with Gasteiger partial charge in [0.2, 0.25) is 0 Å². The molecule has 1 unspecified atom stereocenters. The Hall–Kier alpha value is -1.71. The third-order valence-corrected chi connectivity index (χ3v) is 4.33. The largest absolute Gasteiger partial charge is 0.449 e. The van der Waals surface area contributed by atoms with Crippen molar-refractivity contribution in [1.82, 2.24) is 4.90 Å². The van der Waals surface area contributed by atoms with E-state index < -0.39 is 0 Å². The van der Waals surface area contributed by atoms with E-state index in [2.05, 4.69) is 43.0 Å². The Labute approximate surface area is 126 Å². The first-order chi connectivity index (χ1) is 10.1. The lowest BCUT2D eigenvalue weighted by molar-refractivity contribution is 0.0991. The van der Waals surface area contributed by atoms with E-state index in [-0.39, 0.29) is 6.09 Å². The van der Waals surface area contributed by atoms with Gasteiger partial charge in [0, 0.05) is 31.4 Å². The van der Waals surface area contributed by atoms with Gasteiger partial charge in [0.05, 0.1) is 6.61 Å². The molecule has 4 nitrogen and oxygen atoms in total. The average Bonchev–Trinajstić information content (AvgIpc) is 3.10. The summed E-state index contributed by atoms with van der Waals surface area (Å²) in [7, 11) is 0. The zero-order valence-corrected chi connectivity index (χ0v) is 12.9. The predicted octanol–water partition coefficient (Wildman–Crippen LogP) is 2.92. The van der Waals surface area contributed by atoms with Crippen LogP contribution in [0.4, 0.5) is 10.5 Å². The number of likely N-dealkylation sites (tertiary alicyclic amines) is 1. The highest BCUT2D eigenvalue weighted by atomic mass is 16.6. The molecule has 3 rings (SSSR count). The maximum atomic E-state index is 12.0. The first kappa shape index (κ1) is 14.2. The summed E-state index contributed by atoms with van der Waals surface area (Å²) in [5.74, 6) is 0.387. The Morgan fingerprint density at radius 3 is 2.95 bits per heavy atom. The SMILES string of the molecule is CC(C)COC(=O)N1CCC(N2CCc3ccccc32)C1. The van der Waals surface area contributed by atoms with E-state index in [1.165, 1.54) is 11.3 Å². The van der Waals surface area contributed by atoms with Gasteiger partial charge < -0.3 is 14.5 Å². The maximum absolute atomic E-state index is 12.0. The molecule has 1 fully saturated rings. The van der Waals surface area contributed by atoms with Gasteiger partial charge >= 0.3 is 6.09 Å². The van der Waals surface area contributed by atoms with Crippen LogP contribution in [-0.2, 0) is 11.2 Å². The van der Waals surface area contributed by atoms with E-state index in [0.717, 1.165) is 32.5 Å². The van der Waals surface area contributed by atoms with E-state index in [1.807, 2.05) is 4.90 Å². The summed E-state index contributed by atoms with van der Waals surface area (Å²) >= 11 is 0. The highest BCUT2D eigenvalue weighted by Gasteiger charge is 2.33. The van der Waals surface area contributed by atoms with Crippen LogP contribution in [0.3, 0.4) is 0 Å². The molecule has 1 saturated heterocycles. The molecule has 0 radical (unpaired) electrons. The van der Waals surface area contributed by atoms with E-state index in [4.69, 9.17) is 4.74 Å². The second kappa shape index (κ2) is 5.96. The number of hydrogen-bond acceptors (Lipinski definition) is 3. The number of rotatable bonds is 3. The quantitative estimate of drug-likeness (QED) is 0.857. The topological polar surface area (TPSA) is 32.8 Å². The van der Waals surface area contributed by atoms with Crippen LogP contribution in [0.5, 0.6) is 0 Å². The number of ether oxygens (including phenoxy) is 1. The van der Waals surface area contributed by atoms with Crippen LogP contribution in [0.1, 0.15) is 25.8 Å². The lowest BCUT2D eigenvalue weighted by Crippen LogP contribution is -2.38. The average molecular weight is 288 g/mol. The van der Waals surface area contributed by atoms with Crippen molar-refractivity contribution in [2.45, 2.75) is 32.7 Å². The molecule has 0 aliphatic carbocycles. The Morgan fingerprint density at radius 1 is 1.33 bits per heavy atom. The molecule has 1 aromatic carbocycles. The first-order valence-corrected chi connectivity index (χ1v) is 7.91. The third-order valence-electron chi connectivity index (χ3n) is 4.33. The summed E-state index contributed by atoms with van der Waals surface area (Å²) in [6, 6.07) is 9.04. The Balaban J connectivity index is 1.59. The van der Waals surface area contributed by atoms with Crippen molar-refractivity contribution in [2.75, 3.05) is 31.1 Å². The second-order valence-corrected chi connectivity index (χ2v) is 6.43. The van der Waals surface area contributed by atoms with Crippen LogP contribution < -0.4 is 4.90 Å². The lowest BCUT2D eigenvalue weighted by atomic mass is 10.1. The summed E-state index contributed by atoms with van der Waals surface area (Å²) in [6.07, 6.45) is 1.99. The number of amides is 1. The fourth-order valence-corrected chi connectivity index (χ4v) is 3.23. The van der Waals surface area contributed by atoms with Crippen molar-refractivity contribution in [3.05, 3.63) is 29.8 Å². The number of anilines is 1. The molecule has 114 valence electrons. The summed E-state index contributed by atoms with van der Waals surface area (Å²) in [4.78, 5) is 16.4. The summed E-state index contributed by atoms with van der Waals surface area (Å²) in [5, 5.41) is 0. The van der Waals surface area contributed by atoms with Gasteiger partial charge in [-0.05, 0) is 30.4 Å². The van der Waals surface area contributed by atoms with Crippen molar-refractivity contribution in [3.63, 3.8) is 0 Å². The minimum absolute atomic E-state index is 0.154. The number of benzene rings is 1. The van der Waals surface area contributed by atoms with Gasteiger partial charge in [0.25, 0.3) is 0 Å². The lowest BCUT2D eigenvalue weighted by Gasteiger charge is -2.27. The van der Waals surface area contributed by atoms with Crippen LogP contribution in [0, 0.1) is 5.92 Å². The number of fused-ring (bicyclic) bond motifs is 1. The number of para-hydroxylation sites is 1. The molecule has 1 amide bonds. The third kappa shape index (κ3) is 2.99. The van der Waals surface area contributed by atoms with Gasteiger partial charge in [-0.2, -0.15) is 0 Å². The van der Waals surface area contributed by atoms with E-state index in [0.29, 0.717) is 18.6 Å². The van der Waals surface area contributed by atoms with Crippen molar-refractivity contribution in [1.29, 1.82) is 0 Å². The summed E-state index contributed by atoms with van der Waals surface area (Å²) < 4.78 is 5.34. The molecule has 0 spiro atoms. The maximum Gasteiger partial charge on any atom is 0.409 e.